The quantitative estimate of drug-likeness (QED) is 0.389. The third-order valence-electron chi connectivity index (χ3n) is 5.08. The number of carbonyl (C=O) groups is 1. The molecule has 0 aromatic heterocycles. The molecule has 2 N–H and O–H groups in total. The van der Waals surface area contributed by atoms with Crippen molar-refractivity contribution >= 4 is 23.0 Å². The van der Waals surface area contributed by atoms with E-state index in [1.807, 2.05) is 30.3 Å². The Morgan fingerprint density at radius 1 is 0.935 bits per heavy atom. The van der Waals surface area contributed by atoms with Crippen LogP contribution < -0.4 is 4.90 Å². The van der Waals surface area contributed by atoms with Crippen molar-refractivity contribution in [2.45, 2.75) is 19.3 Å². The molecule has 1 unspecified atom stereocenters. The highest BCUT2D eigenvalue weighted by molar-refractivity contribution is 6.01. The Hall–Kier alpha value is -3.71. The number of non-ortho nitro benzene ring substituents is 1. The first-order valence-corrected chi connectivity index (χ1v) is 10.0. The highest BCUT2D eigenvalue weighted by Crippen LogP contribution is 2.29. The van der Waals surface area contributed by atoms with Gasteiger partial charge in [0.25, 0.3) is 5.69 Å². The molecule has 0 aliphatic carbocycles. The molecule has 1 atom stereocenters. The number of nitro groups is 1. The van der Waals surface area contributed by atoms with E-state index in [1.54, 1.807) is 29.2 Å². The van der Waals surface area contributed by atoms with Crippen LogP contribution in [-0.4, -0.2) is 27.7 Å². The molecule has 3 aromatic carbocycles. The summed E-state index contributed by atoms with van der Waals surface area (Å²) < 4.78 is 0. The summed E-state index contributed by atoms with van der Waals surface area (Å²) in [6.07, 6.45) is 1.76. The van der Waals surface area contributed by atoms with Crippen molar-refractivity contribution in [2.75, 3.05) is 11.5 Å². The number of phenolic OH excluding ortho intramolecular Hbond substituents is 1. The molecule has 160 valence electrons. The molecule has 0 saturated carbocycles. The lowest BCUT2D eigenvalue weighted by molar-refractivity contribution is -0.384. The second kappa shape index (κ2) is 10.4. The number of carbonyl (C=O) groups excluding carboxylic acids is 1. The Balaban J connectivity index is 1.72. The van der Waals surface area contributed by atoms with E-state index in [2.05, 4.69) is 0 Å². The molecule has 0 spiro atoms. The highest BCUT2D eigenvalue weighted by atomic mass is 16.6. The van der Waals surface area contributed by atoms with E-state index in [4.69, 9.17) is 0 Å². The van der Waals surface area contributed by atoms with Gasteiger partial charge in [0, 0.05) is 23.5 Å². The number of hydrogen-bond acceptors (Lipinski definition) is 5. The van der Waals surface area contributed by atoms with E-state index in [1.165, 1.54) is 24.3 Å². The number of aliphatic hydroxyl groups excluding tert-OH is 1. The molecule has 0 fully saturated rings. The molecule has 3 rings (SSSR count). The van der Waals surface area contributed by atoms with Crippen molar-refractivity contribution in [3.8, 4) is 5.75 Å². The minimum absolute atomic E-state index is 0.0413. The number of nitro benzene ring substituents is 1. The predicted molar refractivity (Wildman–Crippen MR) is 118 cm³/mol. The number of aromatic hydroxyl groups is 1. The second-order valence-corrected chi connectivity index (χ2v) is 7.22. The van der Waals surface area contributed by atoms with Gasteiger partial charge in [-0.25, -0.2) is 0 Å². The Morgan fingerprint density at radius 3 is 2.13 bits per heavy atom. The lowest BCUT2D eigenvalue weighted by atomic mass is 9.98. The summed E-state index contributed by atoms with van der Waals surface area (Å²) in [6.45, 7) is -0.291. The molecule has 7 heteroatoms. The standard InChI is InChI=1S/C24H24N2O5/c27-17-19(6-4-5-18-9-11-22(12-10-18)26(30)31)24(29)25(20-7-2-1-3-8-20)21-13-15-23(28)16-14-21/h1-3,7-16,19,27-28H,4-6,17H2. The van der Waals surface area contributed by atoms with Crippen molar-refractivity contribution in [2.24, 2.45) is 5.92 Å². The summed E-state index contributed by atoms with van der Waals surface area (Å²) in [4.78, 5) is 25.2. The highest BCUT2D eigenvalue weighted by Gasteiger charge is 2.26. The van der Waals surface area contributed by atoms with Crippen molar-refractivity contribution in [1.29, 1.82) is 0 Å². The van der Waals surface area contributed by atoms with Gasteiger partial charge in [0.15, 0.2) is 0 Å². The fraction of sp³-hybridized carbons (Fsp3) is 0.208. The van der Waals surface area contributed by atoms with Gasteiger partial charge in [-0.3, -0.25) is 19.8 Å². The number of aryl methyl sites for hydroxylation is 1. The van der Waals surface area contributed by atoms with Crippen molar-refractivity contribution in [3.05, 3.63) is 94.5 Å². The maximum Gasteiger partial charge on any atom is 0.269 e. The number of amides is 1. The number of aliphatic hydroxyl groups is 1. The number of rotatable bonds is 9. The van der Waals surface area contributed by atoms with Gasteiger partial charge < -0.3 is 10.2 Å². The number of hydrogen-bond donors (Lipinski definition) is 2. The van der Waals surface area contributed by atoms with Crippen molar-refractivity contribution in [3.63, 3.8) is 0 Å². The van der Waals surface area contributed by atoms with Crippen molar-refractivity contribution in [1.82, 2.24) is 0 Å². The molecule has 1 amide bonds. The summed E-state index contributed by atoms with van der Waals surface area (Å²) in [7, 11) is 0. The molecule has 7 nitrogen and oxygen atoms in total. The largest absolute Gasteiger partial charge is 0.508 e. The number of benzene rings is 3. The summed E-state index contributed by atoms with van der Waals surface area (Å²) in [5.41, 5.74) is 2.25. The molecule has 0 aliphatic heterocycles. The predicted octanol–water partition coefficient (Wildman–Crippen LogP) is 4.60. The van der Waals surface area contributed by atoms with E-state index < -0.39 is 10.8 Å². The van der Waals surface area contributed by atoms with E-state index in [-0.39, 0.29) is 24.0 Å². The Morgan fingerprint density at radius 2 is 1.55 bits per heavy atom. The average molecular weight is 420 g/mol. The van der Waals surface area contributed by atoms with Gasteiger partial charge in [0.2, 0.25) is 5.91 Å². The number of phenols is 1. The first kappa shape index (κ1) is 22.0. The number of nitrogens with zero attached hydrogens (tertiary/aromatic N) is 2. The summed E-state index contributed by atoms with van der Waals surface area (Å²) >= 11 is 0. The average Bonchev–Trinajstić information content (AvgIpc) is 2.79. The Kier molecular flexibility index (Phi) is 7.35. The van der Waals surface area contributed by atoms with E-state index in [0.717, 1.165) is 5.56 Å². The minimum Gasteiger partial charge on any atom is -0.508 e. The maximum absolute atomic E-state index is 13.4. The van der Waals surface area contributed by atoms with Crippen LogP contribution in [0.1, 0.15) is 18.4 Å². The normalized spacial score (nSPS) is 11.6. The lowest BCUT2D eigenvalue weighted by Gasteiger charge is -2.27. The van der Waals surface area contributed by atoms with E-state index in [9.17, 15) is 25.1 Å². The zero-order valence-corrected chi connectivity index (χ0v) is 16.9. The SMILES string of the molecule is O=C(C(CO)CCCc1ccc([N+](=O)[O-])cc1)N(c1ccccc1)c1ccc(O)cc1. The van der Waals surface area contributed by atoms with Crippen LogP contribution in [0.3, 0.4) is 0 Å². The van der Waals surface area contributed by atoms with Gasteiger partial charge in [-0.15, -0.1) is 0 Å². The van der Waals surface area contributed by atoms with E-state index >= 15 is 0 Å². The molecule has 3 aromatic rings. The topological polar surface area (TPSA) is 104 Å². The Bertz CT molecular complexity index is 1000. The zero-order valence-electron chi connectivity index (χ0n) is 16.9. The smallest absolute Gasteiger partial charge is 0.269 e. The molecule has 0 saturated heterocycles. The van der Waals surface area contributed by atoms with Gasteiger partial charge >= 0.3 is 0 Å². The molecule has 31 heavy (non-hydrogen) atoms. The fourth-order valence-electron chi connectivity index (χ4n) is 3.39. The first-order chi connectivity index (χ1) is 15.0. The molecule has 0 bridgehead atoms. The summed E-state index contributed by atoms with van der Waals surface area (Å²) in [6, 6.07) is 21.8. The molecule has 0 aliphatic rings. The third-order valence-corrected chi connectivity index (χ3v) is 5.08. The van der Waals surface area contributed by atoms with Crippen molar-refractivity contribution < 1.29 is 19.9 Å². The second-order valence-electron chi connectivity index (χ2n) is 7.22. The van der Waals surface area contributed by atoms with Gasteiger partial charge in [-0.1, -0.05) is 30.3 Å². The van der Waals surface area contributed by atoms with Crippen LogP contribution in [-0.2, 0) is 11.2 Å². The number of para-hydroxylation sites is 1. The van der Waals surface area contributed by atoms with Gasteiger partial charge in [-0.2, -0.15) is 0 Å². The lowest BCUT2D eigenvalue weighted by Crippen LogP contribution is -2.34. The maximum atomic E-state index is 13.4. The number of anilines is 2. The van der Waals surface area contributed by atoms with Crippen LogP contribution >= 0.6 is 0 Å². The minimum atomic E-state index is -0.605. The van der Waals surface area contributed by atoms with E-state index in [0.29, 0.717) is 30.6 Å². The molecular weight excluding hydrogens is 396 g/mol. The molecule has 0 radical (unpaired) electrons. The zero-order chi connectivity index (χ0) is 22.2. The van der Waals surface area contributed by atoms with Crippen LogP contribution in [0.4, 0.5) is 17.1 Å². The monoisotopic (exact) mass is 420 g/mol. The van der Waals surface area contributed by atoms with Gasteiger partial charge in [-0.05, 0) is 61.2 Å². The summed E-state index contributed by atoms with van der Waals surface area (Å²) in [5.74, 6) is -0.735. The van der Waals surface area contributed by atoms with Crippen LogP contribution in [0.2, 0.25) is 0 Å². The Labute approximate surface area is 180 Å². The van der Waals surface area contributed by atoms with Crippen LogP contribution in [0.25, 0.3) is 0 Å². The van der Waals surface area contributed by atoms with Crippen LogP contribution in [0.15, 0.2) is 78.9 Å². The van der Waals surface area contributed by atoms with Gasteiger partial charge in [0.1, 0.15) is 5.75 Å². The van der Waals surface area contributed by atoms with Crippen LogP contribution in [0.5, 0.6) is 5.75 Å². The van der Waals surface area contributed by atoms with Crippen LogP contribution in [0, 0.1) is 16.0 Å². The third kappa shape index (κ3) is 5.67. The summed E-state index contributed by atoms with van der Waals surface area (Å²) in [5, 5.41) is 30.3. The fourth-order valence-corrected chi connectivity index (χ4v) is 3.39. The molecular formula is C24H24N2O5. The first-order valence-electron chi connectivity index (χ1n) is 10.0. The molecule has 0 heterocycles. The van der Waals surface area contributed by atoms with Gasteiger partial charge in [0.05, 0.1) is 17.4 Å².